The number of hydrogen-bond donors (Lipinski definition) is 1. The van der Waals surface area contributed by atoms with Gasteiger partial charge in [0.05, 0.1) is 4.92 Å². The number of nitrogen functional groups attached to an aromatic ring is 1. The highest BCUT2D eigenvalue weighted by Crippen LogP contribution is 2.28. The van der Waals surface area contributed by atoms with Crippen molar-refractivity contribution in [2.24, 2.45) is 0 Å². The molecule has 0 radical (unpaired) electrons. The summed E-state index contributed by atoms with van der Waals surface area (Å²) in [6, 6.07) is 3.28. The van der Waals surface area contributed by atoms with E-state index in [0.717, 1.165) is 12.0 Å². The molecule has 6 heteroatoms. The van der Waals surface area contributed by atoms with Crippen molar-refractivity contribution >= 4 is 22.4 Å². The van der Waals surface area contributed by atoms with Crippen LogP contribution in [0, 0.1) is 17.0 Å². The molecule has 94 valence electrons. The molecule has 0 aliphatic carbocycles. The molecule has 0 aliphatic rings. The molecule has 18 heavy (non-hydrogen) atoms. The van der Waals surface area contributed by atoms with Gasteiger partial charge in [-0.25, -0.2) is 9.97 Å². The van der Waals surface area contributed by atoms with Crippen molar-refractivity contribution in [1.29, 1.82) is 0 Å². The Morgan fingerprint density at radius 1 is 1.39 bits per heavy atom. The highest BCUT2D eigenvalue weighted by molar-refractivity contribution is 5.94. The number of anilines is 1. The van der Waals surface area contributed by atoms with Gasteiger partial charge in [0.1, 0.15) is 11.6 Å². The number of rotatable bonds is 3. The fourth-order valence-corrected chi connectivity index (χ4v) is 1.90. The third-order valence-electron chi connectivity index (χ3n) is 2.67. The molecule has 2 aromatic rings. The Labute approximate surface area is 104 Å². The summed E-state index contributed by atoms with van der Waals surface area (Å²) < 4.78 is 0. The van der Waals surface area contributed by atoms with Gasteiger partial charge < -0.3 is 5.73 Å². The minimum atomic E-state index is -0.433. The summed E-state index contributed by atoms with van der Waals surface area (Å²) in [4.78, 5) is 19.1. The Morgan fingerprint density at radius 2 is 2.11 bits per heavy atom. The topological polar surface area (TPSA) is 94.9 Å². The molecule has 2 rings (SSSR count). The lowest BCUT2D eigenvalue weighted by Gasteiger charge is -2.06. The zero-order chi connectivity index (χ0) is 13.3. The first-order valence-electron chi connectivity index (χ1n) is 5.74. The summed E-state index contributed by atoms with van der Waals surface area (Å²) >= 11 is 0. The SMILES string of the molecule is CCCc1nc(N)c2cc(C)cc([N+](=O)[O-])c2n1. The summed E-state index contributed by atoms with van der Waals surface area (Å²) in [6.45, 7) is 3.78. The molecular formula is C12H14N4O2. The molecule has 0 saturated heterocycles. The van der Waals surface area contributed by atoms with Crippen molar-refractivity contribution < 1.29 is 4.92 Å². The van der Waals surface area contributed by atoms with E-state index in [4.69, 9.17) is 5.73 Å². The van der Waals surface area contributed by atoms with Gasteiger partial charge in [-0.2, -0.15) is 0 Å². The van der Waals surface area contributed by atoms with Gasteiger partial charge in [-0.05, 0) is 25.0 Å². The van der Waals surface area contributed by atoms with Crippen LogP contribution in [0.3, 0.4) is 0 Å². The summed E-state index contributed by atoms with van der Waals surface area (Å²) in [5, 5.41) is 11.6. The Balaban J connectivity index is 2.79. The second-order valence-corrected chi connectivity index (χ2v) is 4.21. The van der Waals surface area contributed by atoms with Crippen LogP contribution in [0.25, 0.3) is 10.9 Å². The first kappa shape index (κ1) is 12.2. The maximum Gasteiger partial charge on any atom is 0.295 e. The zero-order valence-corrected chi connectivity index (χ0v) is 10.3. The average molecular weight is 246 g/mol. The maximum absolute atomic E-state index is 11.1. The molecule has 0 atom stereocenters. The lowest BCUT2D eigenvalue weighted by atomic mass is 10.1. The molecule has 0 spiro atoms. The van der Waals surface area contributed by atoms with E-state index in [0.29, 0.717) is 29.0 Å². The van der Waals surface area contributed by atoms with Crippen LogP contribution in [-0.4, -0.2) is 14.9 Å². The Morgan fingerprint density at radius 3 is 2.72 bits per heavy atom. The molecule has 0 saturated carbocycles. The van der Waals surface area contributed by atoms with Gasteiger partial charge in [0.2, 0.25) is 0 Å². The number of nitro groups is 1. The van der Waals surface area contributed by atoms with Crippen LogP contribution < -0.4 is 5.73 Å². The van der Waals surface area contributed by atoms with E-state index in [1.165, 1.54) is 6.07 Å². The predicted molar refractivity (Wildman–Crippen MR) is 69.3 cm³/mol. The first-order chi connectivity index (χ1) is 8.52. The van der Waals surface area contributed by atoms with E-state index in [1.54, 1.807) is 13.0 Å². The van der Waals surface area contributed by atoms with Crippen LogP contribution in [0.1, 0.15) is 24.7 Å². The van der Waals surface area contributed by atoms with Gasteiger partial charge in [0.15, 0.2) is 5.52 Å². The second kappa shape index (κ2) is 4.56. The van der Waals surface area contributed by atoms with E-state index >= 15 is 0 Å². The summed E-state index contributed by atoms with van der Waals surface area (Å²) in [5.74, 6) is 0.852. The fraction of sp³-hybridized carbons (Fsp3) is 0.333. The molecular weight excluding hydrogens is 232 g/mol. The monoisotopic (exact) mass is 246 g/mol. The molecule has 1 heterocycles. The number of hydrogen-bond acceptors (Lipinski definition) is 5. The third-order valence-corrected chi connectivity index (χ3v) is 2.67. The predicted octanol–water partition coefficient (Wildman–Crippen LogP) is 2.38. The van der Waals surface area contributed by atoms with Crippen LogP contribution in [-0.2, 0) is 6.42 Å². The van der Waals surface area contributed by atoms with Crippen molar-refractivity contribution in [2.75, 3.05) is 5.73 Å². The largest absolute Gasteiger partial charge is 0.383 e. The molecule has 0 fully saturated rings. The Hall–Kier alpha value is -2.24. The van der Waals surface area contributed by atoms with Crippen LogP contribution in [0.2, 0.25) is 0 Å². The lowest BCUT2D eigenvalue weighted by Crippen LogP contribution is -2.03. The highest BCUT2D eigenvalue weighted by Gasteiger charge is 2.17. The van der Waals surface area contributed by atoms with Crippen LogP contribution in [0.4, 0.5) is 11.5 Å². The smallest absolute Gasteiger partial charge is 0.295 e. The van der Waals surface area contributed by atoms with Gasteiger partial charge in [-0.15, -0.1) is 0 Å². The summed E-state index contributed by atoms with van der Waals surface area (Å²) in [5.41, 5.74) is 6.93. The Kier molecular flexibility index (Phi) is 3.10. The van der Waals surface area contributed by atoms with Crippen molar-refractivity contribution in [3.8, 4) is 0 Å². The van der Waals surface area contributed by atoms with Crippen molar-refractivity contribution in [2.45, 2.75) is 26.7 Å². The number of fused-ring (bicyclic) bond motifs is 1. The van der Waals surface area contributed by atoms with Crippen molar-refractivity contribution in [3.63, 3.8) is 0 Å². The summed E-state index contributed by atoms with van der Waals surface area (Å²) in [6.07, 6.45) is 1.52. The van der Waals surface area contributed by atoms with Crippen LogP contribution in [0.5, 0.6) is 0 Å². The van der Waals surface area contributed by atoms with Gasteiger partial charge in [0, 0.05) is 17.9 Å². The quantitative estimate of drug-likeness (QED) is 0.662. The zero-order valence-electron chi connectivity index (χ0n) is 10.3. The van der Waals surface area contributed by atoms with Crippen LogP contribution >= 0.6 is 0 Å². The number of nitrogens with two attached hydrogens (primary N) is 1. The minimum Gasteiger partial charge on any atom is -0.383 e. The lowest BCUT2D eigenvalue weighted by molar-refractivity contribution is -0.383. The molecule has 1 aromatic heterocycles. The molecule has 6 nitrogen and oxygen atoms in total. The average Bonchev–Trinajstić information content (AvgIpc) is 2.29. The second-order valence-electron chi connectivity index (χ2n) is 4.21. The molecule has 0 bridgehead atoms. The van der Waals surface area contributed by atoms with Gasteiger partial charge in [-0.3, -0.25) is 10.1 Å². The van der Waals surface area contributed by atoms with E-state index in [9.17, 15) is 10.1 Å². The Bertz CT molecular complexity index is 625. The minimum absolute atomic E-state index is 0.0172. The number of nitro benzene ring substituents is 1. The highest BCUT2D eigenvalue weighted by atomic mass is 16.6. The number of non-ortho nitro benzene ring substituents is 1. The molecule has 0 unspecified atom stereocenters. The standard InChI is InChI=1S/C12H14N4O2/c1-3-4-10-14-11-8(12(13)15-10)5-7(2)6-9(11)16(17)18/h5-6H,3-4H2,1-2H3,(H2,13,14,15). The van der Waals surface area contributed by atoms with Gasteiger partial charge >= 0.3 is 0 Å². The van der Waals surface area contributed by atoms with Crippen molar-refractivity contribution in [3.05, 3.63) is 33.6 Å². The number of aromatic nitrogens is 2. The molecule has 0 aliphatic heterocycles. The van der Waals surface area contributed by atoms with E-state index < -0.39 is 4.92 Å². The third kappa shape index (κ3) is 2.09. The normalized spacial score (nSPS) is 10.8. The molecule has 2 N–H and O–H groups in total. The first-order valence-corrected chi connectivity index (χ1v) is 5.74. The van der Waals surface area contributed by atoms with Gasteiger partial charge in [0.25, 0.3) is 5.69 Å². The van der Waals surface area contributed by atoms with E-state index in [-0.39, 0.29) is 5.69 Å². The maximum atomic E-state index is 11.1. The van der Waals surface area contributed by atoms with E-state index in [1.807, 2.05) is 6.92 Å². The van der Waals surface area contributed by atoms with Gasteiger partial charge in [-0.1, -0.05) is 6.92 Å². The molecule has 1 aromatic carbocycles. The molecule has 0 amide bonds. The number of benzene rings is 1. The number of aryl methyl sites for hydroxylation is 2. The number of nitrogens with zero attached hydrogens (tertiary/aromatic N) is 3. The van der Waals surface area contributed by atoms with Crippen molar-refractivity contribution in [1.82, 2.24) is 9.97 Å². The summed E-state index contributed by atoms with van der Waals surface area (Å²) in [7, 11) is 0. The van der Waals surface area contributed by atoms with E-state index in [2.05, 4.69) is 9.97 Å². The van der Waals surface area contributed by atoms with Crippen LogP contribution in [0.15, 0.2) is 12.1 Å². The fourth-order valence-electron chi connectivity index (χ4n) is 1.90.